The van der Waals surface area contributed by atoms with E-state index in [4.69, 9.17) is 14.2 Å². The number of amides is 1. The standard InChI is InChI=1S/C30H31NO6/c1-30(2,3)19-10-12-20(13-11-19)31-26(18-8-7-9-21(16-18)35-4)25(28(33)29(31)34)27(32)23-15-14-22(36-5)17-24(23)37-6/h7-17,26,32H,1-6H3/b27-25-. The minimum absolute atomic E-state index is 0.0402. The van der Waals surface area contributed by atoms with Crippen LogP contribution in [0.1, 0.15) is 43.5 Å². The van der Waals surface area contributed by atoms with Gasteiger partial charge in [-0.3, -0.25) is 14.5 Å². The number of ketones is 1. The number of hydrogen-bond acceptors (Lipinski definition) is 6. The summed E-state index contributed by atoms with van der Waals surface area (Å²) in [5.74, 6) is -0.458. The highest BCUT2D eigenvalue weighted by Gasteiger charge is 2.47. The van der Waals surface area contributed by atoms with Crippen LogP contribution in [0.4, 0.5) is 5.69 Å². The molecule has 0 spiro atoms. The van der Waals surface area contributed by atoms with Gasteiger partial charge in [0.15, 0.2) is 0 Å². The van der Waals surface area contributed by atoms with Gasteiger partial charge in [-0.15, -0.1) is 0 Å². The Morgan fingerprint density at radius 2 is 1.49 bits per heavy atom. The second kappa shape index (κ2) is 10.0. The van der Waals surface area contributed by atoms with Crippen molar-refractivity contribution in [2.24, 2.45) is 0 Å². The van der Waals surface area contributed by atoms with Gasteiger partial charge < -0.3 is 19.3 Å². The fourth-order valence-corrected chi connectivity index (χ4v) is 4.49. The van der Waals surface area contributed by atoms with Gasteiger partial charge in [0.1, 0.15) is 23.0 Å². The Bertz CT molecular complexity index is 1370. The second-order valence-electron chi connectivity index (χ2n) is 9.81. The molecule has 3 aromatic carbocycles. The van der Waals surface area contributed by atoms with E-state index in [0.29, 0.717) is 28.5 Å². The van der Waals surface area contributed by atoms with E-state index in [0.717, 1.165) is 5.56 Å². The Morgan fingerprint density at radius 1 is 0.838 bits per heavy atom. The predicted molar refractivity (Wildman–Crippen MR) is 142 cm³/mol. The van der Waals surface area contributed by atoms with Gasteiger partial charge in [0.25, 0.3) is 11.7 Å². The summed E-state index contributed by atoms with van der Waals surface area (Å²) in [6, 6.07) is 18.6. The molecule has 1 fully saturated rings. The smallest absolute Gasteiger partial charge is 0.300 e. The van der Waals surface area contributed by atoms with Crippen LogP contribution < -0.4 is 19.1 Å². The van der Waals surface area contributed by atoms with E-state index in [1.807, 2.05) is 24.3 Å². The summed E-state index contributed by atoms with van der Waals surface area (Å²) < 4.78 is 16.1. The fourth-order valence-electron chi connectivity index (χ4n) is 4.49. The van der Waals surface area contributed by atoms with Crippen LogP contribution in [0.25, 0.3) is 5.76 Å². The number of carbonyl (C=O) groups excluding carboxylic acids is 2. The Balaban J connectivity index is 1.94. The first-order valence-corrected chi connectivity index (χ1v) is 11.9. The lowest BCUT2D eigenvalue weighted by molar-refractivity contribution is -0.132. The summed E-state index contributed by atoms with van der Waals surface area (Å²) >= 11 is 0. The largest absolute Gasteiger partial charge is 0.507 e. The highest BCUT2D eigenvalue weighted by molar-refractivity contribution is 6.51. The normalized spacial score (nSPS) is 17.1. The molecule has 1 heterocycles. The van der Waals surface area contributed by atoms with Crippen LogP contribution in [-0.2, 0) is 15.0 Å². The van der Waals surface area contributed by atoms with Crippen LogP contribution in [0.5, 0.6) is 17.2 Å². The quantitative estimate of drug-likeness (QED) is 0.267. The van der Waals surface area contributed by atoms with Crippen molar-refractivity contribution in [2.75, 3.05) is 26.2 Å². The lowest BCUT2D eigenvalue weighted by atomic mass is 9.87. The molecule has 4 rings (SSSR count). The van der Waals surface area contributed by atoms with E-state index >= 15 is 0 Å². The first-order chi connectivity index (χ1) is 17.6. The van der Waals surface area contributed by atoms with Crippen LogP contribution in [0.2, 0.25) is 0 Å². The van der Waals surface area contributed by atoms with Gasteiger partial charge in [-0.1, -0.05) is 45.0 Å². The summed E-state index contributed by atoms with van der Waals surface area (Å²) in [7, 11) is 4.53. The van der Waals surface area contributed by atoms with Crippen LogP contribution in [-0.4, -0.2) is 38.1 Å². The number of Topliss-reactive ketones (excluding diaryl/α,β-unsaturated/α-hetero) is 1. The van der Waals surface area contributed by atoms with Gasteiger partial charge in [-0.25, -0.2) is 0 Å². The third-order valence-electron chi connectivity index (χ3n) is 6.53. The van der Waals surface area contributed by atoms with Crippen molar-refractivity contribution in [3.63, 3.8) is 0 Å². The van der Waals surface area contributed by atoms with Gasteiger partial charge in [0.05, 0.1) is 38.5 Å². The van der Waals surface area contributed by atoms with Crippen LogP contribution in [0.3, 0.4) is 0 Å². The molecule has 1 amide bonds. The molecule has 0 radical (unpaired) electrons. The van der Waals surface area contributed by atoms with Crippen molar-refractivity contribution in [1.82, 2.24) is 0 Å². The zero-order valence-electron chi connectivity index (χ0n) is 21.9. The minimum Gasteiger partial charge on any atom is -0.507 e. The van der Waals surface area contributed by atoms with Gasteiger partial charge >= 0.3 is 0 Å². The maximum atomic E-state index is 13.5. The molecule has 1 aliphatic rings. The molecule has 3 aromatic rings. The fraction of sp³-hybridized carbons (Fsp3) is 0.267. The van der Waals surface area contributed by atoms with Crippen LogP contribution in [0, 0.1) is 0 Å². The van der Waals surface area contributed by atoms with Crippen molar-refractivity contribution in [3.8, 4) is 17.2 Å². The molecule has 7 nitrogen and oxygen atoms in total. The molecule has 0 bridgehead atoms. The van der Waals surface area contributed by atoms with Gasteiger partial charge in [-0.05, 0) is 52.9 Å². The number of aliphatic hydroxyl groups excluding tert-OH is 1. The van der Waals surface area contributed by atoms with E-state index in [1.165, 1.54) is 19.1 Å². The molecule has 1 atom stereocenters. The molecule has 192 valence electrons. The Morgan fingerprint density at radius 3 is 2.08 bits per heavy atom. The van der Waals surface area contributed by atoms with E-state index < -0.39 is 17.7 Å². The number of nitrogens with zero attached hydrogens (tertiary/aromatic N) is 1. The van der Waals surface area contributed by atoms with Gasteiger partial charge in [-0.2, -0.15) is 0 Å². The van der Waals surface area contributed by atoms with Crippen molar-refractivity contribution >= 4 is 23.1 Å². The van der Waals surface area contributed by atoms with Crippen molar-refractivity contribution < 1.29 is 28.9 Å². The number of ether oxygens (including phenoxy) is 3. The molecule has 0 aromatic heterocycles. The first kappa shape index (κ1) is 25.8. The zero-order chi connectivity index (χ0) is 26.9. The third kappa shape index (κ3) is 4.77. The average molecular weight is 502 g/mol. The van der Waals surface area contributed by atoms with Crippen molar-refractivity contribution in [1.29, 1.82) is 0 Å². The molecule has 1 saturated heterocycles. The molecule has 0 aliphatic carbocycles. The van der Waals surface area contributed by atoms with Gasteiger partial charge in [0, 0.05) is 11.8 Å². The van der Waals surface area contributed by atoms with E-state index in [2.05, 4.69) is 20.8 Å². The highest BCUT2D eigenvalue weighted by atomic mass is 16.5. The van der Waals surface area contributed by atoms with Crippen molar-refractivity contribution in [3.05, 3.63) is 89.0 Å². The Hall–Kier alpha value is -4.26. The molecule has 1 aliphatic heterocycles. The topological polar surface area (TPSA) is 85.3 Å². The number of methoxy groups -OCH3 is 3. The number of anilines is 1. The van der Waals surface area contributed by atoms with E-state index in [9.17, 15) is 14.7 Å². The SMILES string of the molecule is COc1cccc(C2/C(=C(/O)c3ccc(OC)cc3OC)C(=O)C(=O)N2c2ccc(C(C)(C)C)cc2)c1. The summed E-state index contributed by atoms with van der Waals surface area (Å²) in [6.07, 6.45) is 0. The third-order valence-corrected chi connectivity index (χ3v) is 6.53. The Labute approximate surface area is 216 Å². The number of benzene rings is 3. The summed E-state index contributed by atoms with van der Waals surface area (Å²) in [6.45, 7) is 6.31. The van der Waals surface area contributed by atoms with Crippen LogP contribution >= 0.6 is 0 Å². The lowest BCUT2D eigenvalue weighted by Gasteiger charge is -2.27. The zero-order valence-corrected chi connectivity index (χ0v) is 21.9. The molecular weight excluding hydrogens is 470 g/mol. The number of rotatable bonds is 6. The summed E-state index contributed by atoms with van der Waals surface area (Å²) in [4.78, 5) is 28.4. The lowest BCUT2D eigenvalue weighted by Crippen LogP contribution is -2.29. The highest BCUT2D eigenvalue weighted by Crippen LogP contribution is 2.44. The molecule has 37 heavy (non-hydrogen) atoms. The van der Waals surface area contributed by atoms with Crippen LogP contribution in [0.15, 0.2) is 72.3 Å². The van der Waals surface area contributed by atoms with E-state index in [1.54, 1.807) is 49.6 Å². The van der Waals surface area contributed by atoms with Gasteiger partial charge in [0.2, 0.25) is 0 Å². The predicted octanol–water partition coefficient (Wildman–Crippen LogP) is 5.64. The Kier molecular flexibility index (Phi) is 6.99. The molecule has 1 N–H and O–H groups in total. The number of aliphatic hydroxyl groups is 1. The monoisotopic (exact) mass is 501 g/mol. The molecular formula is C30H31NO6. The molecule has 7 heteroatoms. The van der Waals surface area contributed by atoms with E-state index in [-0.39, 0.29) is 22.3 Å². The summed E-state index contributed by atoms with van der Waals surface area (Å²) in [5, 5.41) is 11.5. The number of hydrogen-bond donors (Lipinski definition) is 1. The molecule has 0 saturated carbocycles. The maximum absolute atomic E-state index is 13.5. The van der Waals surface area contributed by atoms with Crippen molar-refractivity contribution in [2.45, 2.75) is 32.2 Å². The second-order valence-corrected chi connectivity index (χ2v) is 9.81. The minimum atomic E-state index is -0.887. The maximum Gasteiger partial charge on any atom is 0.300 e. The summed E-state index contributed by atoms with van der Waals surface area (Å²) in [5.41, 5.74) is 2.41. The first-order valence-electron chi connectivity index (χ1n) is 11.9. The average Bonchev–Trinajstić information content (AvgIpc) is 3.17. The molecule has 1 unspecified atom stereocenters. The number of carbonyl (C=O) groups is 2.